The van der Waals surface area contributed by atoms with E-state index in [9.17, 15) is 14.9 Å². The Bertz CT molecular complexity index is 796. The Morgan fingerprint density at radius 3 is 2.79 bits per heavy atom. The Kier molecular flexibility index (Phi) is 4.52. The van der Waals surface area contributed by atoms with Gasteiger partial charge in [-0.2, -0.15) is 0 Å². The standard InChI is InChI=1S/C16H13ClN2O5/c17-10-5-6-12(13(7-10)19(21)22)16(20)18-8-11-9-23-14-3-1-2-4-15(14)24-11/h1-7,11H,8-9H2,(H,18,20). The summed E-state index contributed by atoms with van der Waals surface area (Å²) in [5.41, 5.74) is -0.396. The molecule has 3 rings (SSSR count). The van der Waals surface area contributed by atoms with Gasteiger partial charge in [0.25, 0.3) is 11.6 Å². The fourth-order valence-corrected chi connectivity index (χ4v) is 2.48. The third-order valence-corrected chi connectivity index (χ3v) is 3.69. The number of carbonyl (C=O) groups is 1. The number of nitro groups is 1. The van der Waals surface area contributed by atoms with E-state index >= 15 is 0 Å². The highest BCUT2D eigenvalue weighted by molar-refractivity contribution is 6.31. The van der Waals surface area contributed by atoms with E-state index in [1.54, 1.807) is 12.1 Å². The number of nitro benzene ring substituents is 1. The number of halogens is 1. The predicted molar refractivity (Wildman–Crippen MR) is 86.8 cm³/mol. The Morgan fingerprint density at radius 2 is 2.04 bits per heavy atom. The van der Waals surface area contributed by atoms with E-state index < -0.39 is 10.8 Å². The third-order valence-electron chi connectivity index (χ3n) is 3.46. The number of carbonyl (C=O) groups excluding carboxylic acids is 1. The number of nitrogens with zero attached hydrogens (tertiary/aromatic N) is 1. The van der Waals surface area contributed by atoms with Gasteiger partial charge in [-0.25, -0.2) is 0 Å². The van der Waals surface area contributed by atoms with Gasteiger partial charge in [0.2, 0.25) is 0 Å². The molecule has 124 valence electrons. The lowest BCUT2D eigenvalue weighted by Gasteiger charge is -2.26. The number of hydrogen-bond donors (Lipinski definition) is 1. The van der Waals surface area contributed by atoms with Crippen LogP contribution in [0.2, 0.25) is 5.02 Å². The van der Waals surface area contributed by atoms with Gasteiger partial charge in [-0.3, -0.25) is 14.9 Å². The molecule has 2 aromatic carbocycles. The molecule has 0 saturated heterocycles. The molecule has 1 aliphatic heterocycles. The van der Waals surface area contributed by atoms with Crippen LogP contribution in [0.4, 0.5) is 5.69 Å². The number of para-hydroxylation sites is 2. The minimum absolute atomic E-state index is 0.0541. The molecule has 0 fully saturated rings. The molecule has 0 bridgehead atoms. The average molecular weight is 349 g/mol. The lowest BCUT2D eigenvalue weighted by molar-refractivity contribution is -0.385. The van der Waals surface area contributed by atoms with Crippen LogP contribution in [0, 0.1) is 10.1 Å². The summed E-state index contributed by atoms with van der Waals surface area (Å²) in [6.45, 7) is 0.437. The first-order chi connectivity index (χ1) is 11.5. The summed E-state index contributed by atoms with van der Waals surface area (Å²) in [5, 5.41) is 13.9. The summed E-state index contributed by atoms with van der Waals surface area (Å²) in [4.78, 5) is 22.6. The van der Waals surface area contributed by atoms with Crippen molar-refractivity contribution in [1.82, 2.24) is 5.32 Å². The van der Waals surface area contributed by atoms with Gasteiger partial charge >= 0.3 is 0 Å². The molecule has 0 spiro atoms. The molecule has 8 heteroatoms. The molecule has 24 heavy (non-hydrogen) atoms. The normalized spacial score (nSPS) is 15.6. The molecule has 0 aromatic heterocycles. The summed E-state index contributed by atoms with van der Waals surface area (Å²) in [6.07, 6.45) is -0.379. The van der Waals surface area contributed by atoms with Crippen molar-refractivity contribution in [2.45, 2.75) is 6.10 Å². The Balaban J connectivity index is 1.66. The van der Waals surface area contributed by atoms with Crippen molar-refractivity contribution in [3.63, 3.8) is 0 Å². The van der Waals surface area contributed by atoms with Crippen molar-refractivity contribution < 1.29 is 19.2 Å². The zero-order valence-electron chi connectivity index (χ0n) is 12.4. The van der Waals surface area contributed by atoms with Crippen molar-refractivity contribution >= 4 is 23.2 Å². The summed E-state index contributed by atoms with van der Waals surface area (Å²) in [6, 6.07) is 11.1. The predicted octanol–water partition coefficient (Wildman–Crippen LogP) is 2.82. The van der Waals surface area contributed by atoms with Gasteiger partial charge in [0, 0.05) is 11.1 Å². The molecule has 0 saturated carbocycles. The van der Waals surface area contributed by atoms with Gasteiger partial charge in [-0.05, 0) is 24.3 Å². The highest BCUT2D eigenvalue weighted by Gasteiger charge is 2.24. The zero-order chi connectivity index (χ0) is 17.1. The van der Waals surface area contributed by atoms with Gasteiger partial charge < -0.3 is 14.8 Å². The quantitative estimate of drug-likeness (QED) is 0.677. The van der Waals surface area contributed by atoms with E-state index in [-0.39, 0.29) is 35.5 Å². The minimum Gasteiger partial charge on any atom is -0.486 e. The summed E-state index contributed by atoms with van der Waals surface area (Å²) in [5.74, 6) is 0.676. The van der Waals surface area contributed by atoms with Crippen molar-refractivity contribution in [2.24, 2.45) is 0 Å². The maximum absolute atomic E-state index is 12.2. The van der Waals surface area contributed by atoms with Gasteiger partial charge in [0.1, 0.15) is 18.3 Å². The van der Waals surface area contributed by atoms with Crippen LogP contribution in [0.3, 0.4) is 0 Å². The van der Waals surface area contributed by atoms with Crippen molar-refractivity contribution in [3.05, 3.63) is 63.2 Å². The molecule has 0 radical (unpaired) electrons. The summed E-state index contributed by atoms with van der Waals surface area (Å²) < 4.78 is 11.3. The molecule has 1 heterocycles. The number of hydrogen-bond acceptors (Lipinski definition) is 5. The largest absolute Gasteiger partial charge is 0.486 e. The van der Waals surface area contributed by atoms with Crippen LogP contribution in [0.25, 0.3) is 0 Å². The first-order valence-corrected chi connectivity index (χ1v) is 7.53. The molecular weight excluding hydrogens is 336 g/mol. The van der Waals surface area contributed by atoms with Crippen LogP contribution in [-0.4, -0.2) is 30.1 Å². The van der Waals surface area contributed by atoms with Crippen molar-refractivity contribution in [1.29, 1.82) is 0 Å². The second kappa shape index (κ2) is 6.76. The van der Waals surface area contributed by atoms with Crippen molar-refractivity contribution in [2.75, 3.05) is 13.2 Å². The number of fused-ring (bicyclic) bond motifs is 1. The first kappa shape index (κ1) is 16.1. The monoisotopic (exact) mass is 348 g/mol. The van der Waals surface area contributed by atoms with Crippen LogP contribution in [0.15, 0.2) is 42.5 Å². The molecule has 0 aliphatic carbocycles. The van der Waals surface area contributed by atoms with E-state index in [0.717, 1.165) is 6.07 Å². The highest BCUT2D eigenvalue weighted by Crippen LogP contribution is 2.30. The van der Waals surface area contributed by atoms with Gasteiger partial charge in [-0.1, -0.05) is 23.7 Å². The van der Waals surface area contributed by atoms with Gasteiger partial charge in [0.15, 0.2) is 11.5 Å². The topological polar surface area (TPSA) is 90.7 Å². The molecule has 1 amide bonds. The Labute approximate surface area is 142 Å². The fourth-order valence-electron chi connectivity index (χ4n) is 2.31. The summed E-state index contributed by atoms with van der Waals surface area (Å²) in [7, 11) is 0. The minimum atomic E-state index is -0.642. The highest BCUT2D eigenvalue weighted by atomic mass is 35.5. The van der Waals surface area contributed by atoms with Crippen LogP contribution in [0.5, 0.6) is 11.5 Å². The Morgan fingerprint density at radius 1 is 1.29 bits per heavy atom. The number of ether oxygens (including phenoxy) is 2. The van der Waals surface area contributed by atoms with Crippen molar-refractivity contribution in [3.8, 4) is 11.5 Å². The van der Waals surface area contributed by atoms with Crippen LogP contribution >= 0.6 is 11.6 Å². The lowest BCUT2D eigenvalue weighted by Crippen LogP contribution is -2.40. The van der Waals surface area contributed by atoms with Crippen LogP contribution in [0.1, 0.15) is 10.4 Å². The third kappa shape index (κ3) is 3.41. The van der Waals surface area contributed by atoms with E-state index in [1.807, 2.05) is 12.1 Å². The molecular formula is C16H13ClN2O5. The van der Waals surface area contributed by atoms with Gasteiger partial charge in [-0.15, -0.1) is 0 Å². The first-order valence-electron chi connectivity index (χ1n) is 7.15. The molecule has 7 nitrogen and oxygen atoms in total. The second-order valence-electron chi connectivity index (χ2n) is 5.13. The maximum Gasteiger partial charge on any atom is 0.283 e. The fraction of sp³-hybridized carbons (Fsp3) is 0.188. The molecule has 1 atom stereocenters. The molecule has 1 N–H and O–H groups in total. The van der Waals surface area contributed by atoms with Crippen LogP contribution < -0.4 is 14.8 Å². The van der Waals surface area contributed by atoms with E-state index in [2.05, 4.69) is 5.32 Å². The van der Waals surface area contributed by atoms with Crippen LogP contribution in [-0.2, 0) is 0 Å². The number of rotatable bonds is 4. The molecule has 1 aliphatic rings. The smallest absolute Gasteiger partial charge is 0.283 e. The number of amides is 1. The average Bonchev–Trinajstić information content (AvgIpc) is 2.59. The second-order valence-corrected chi connectivity index (χ2v) is 5.56. The number of benzene rings is 2. The number of nitrogens with one attached hydrogen (secondary N) is 1. The van der Waals surface area contributed by atoms with E-state index in [0.29, 0.717) is 11.5 Å². The lowest BCUT2D eigenvalue weighted by atomic mass is 10.1. The Hall–Kier alpha value is -2.80. The van der Waals surface area contributed by atoms with E-state index in [4.69, 9.17) is 21.1 Å². The maximum atomic E-state index is 12.2. The molecule has 1 unspecified atom stereocenters. The zero-order valence-corrected chi connectivity index (χ0v) is 13.2. The van der Waals surface area contributed by atoms with Gasteiger partial charge in [0.05, 0.1) is 11.5 Å². The SMILES string of the molecule is O=C(NCC1COc2ccccc2O1)c1ccc(Cl)cc1[N+](=O)[O-]. The molecule has 2 aromatic rings. The summed E-state index contributed by atoms with van der Waals surface area (Å²) >= 11 is 5.74. The van der Waals surface area contributed by atoms with E-state index in [1.165, 1.54) is 12.1 Å².